The van der Waals surface area contributed by atoms with Crippen LogP contribution < -0.4 is 10.1 Å². The highest BCUT2D eigenvalue weighted by atomic mass is 16.5. The number of ether oxygens (including phenoxy) is 1. The van der Waals surface area contributed by atoms with E-state index in [9.17, 15) is 4.79 Å². The van der Waals surface area contributed by atoms with E-state index in [-0.39, 0.29) is 11.9 Å². The van der Waals surface area contributed by atoms with Gasteiger partial charge in [-0.05, 0) is 70.1 Å². The lowest BCUT2D eigenvalue weighted by molar-refractivity contribution is 0.0933. The van der Waals surface area contributed by atoms with E-state index in [1.807, 2.05) is 38.1 Å². The Morgan fingerprint density at radius 3 is 2.77 bits per heavy atom. The third-order valence-electron chi connectivity index (χ3n) is 5.57. The van der Waals surface area contributed by atoms with Gasteiger partial charge in [-0.2, -0.15) is 0 Å². The summed E-state index contributed by atoms with van der Waals surface area (Å²) in [5.74, 6) is 2.12. The summed E-state index contributed by atoms with van der Waals surface area (Å²) in [4.78, 5) is 15.1. The predicted octanol–water partition coefficient (Wildman–Crippen LogP) is 4.03. The number of furan rings is 1. The number of aromatic nitrogens is 1. The Kier molecular flexibility index (Phi) is 6.18. The molecule has 0 aliphatic carbocycles. The van der Waals surface area contributed by atoms with E-state index in [1.54, 1.807) is 18.4 Å². The zero-order chi connectivity index (χ0) is 20.9. The molecule has 3 heterocycles. The van der Waals surface area contributed by atoms with Gasteiger partial charge in [0.05, 0.1) is 23.6 Å². The normalized spacial score (nSPS) is 15.3. The lowest BCUT2D eigenvalue weighted by Crippen LogP contribution is -2.36. The summed E-state index contributed by atoms with van der Waals surface area (Å²) in [6, 6.07) is 11.1. The summed E-state index contributed by atoms with van der Waals surface area (Å²) >= 11 is 0. The Hall–Kier alpha value is -3.06. The number of hydrogen-bond acceptors (Lipinski definition) is 6. The monoisotopic (exact) mass is 409 g/mol. The van der Waals surface area contributed by atoms with Gasteiger partial charge in [-0.25, -0.2) is 0 Å². The molecule has 0 bridgehead atoms. The molecular formula is C23H27N3O4. The van der Waals surface area contributed by atoms with Crippen LogP contribution in [0.15, 0.2) is 51.6 Å². The molecule has 1 aromatic carbocycles. The van der Waals surface area contributed by atoms with Gasteiger partial charge in [0.2, 0.25) is 0 Å². The van der Waals surface area contributed by atoms with Crippen molar-refractivity contribution in [3.63, 3.8) is 0 Å². The second-order valence-corrected chi connectivity index (χ2v) is 7.60. The van der Waals surface area contributed by atoms with Gasteiger partial charge in [0.25, 0.3) is 5.91 Å². The summed E-state index contributed by atoms with van der Waals surface area (Å²) in [5, 5.41) is 7.00. The van der Waals surface area contributed by atoms with Gasteiger partial charge >= 0.3 is 0 Å². The summed E-state index contributed by atoms with van der Waals surface area (Å²) in [6.45, 7) is 6.63. The SMILES string of the molecule is Cc1noc(C)c1COc1cccc(C(=O)NC[C@@H](c2ccco2)N2CCCC2)c1. The molecule has 7 nitrogen and oxygen atoms in total. The van der Waals surface area contributed by atoms with E-state index in [4.69, 9.17) is 13.7 Å². The van der Waals surface area contributed by atoms with E-state index in [0.717, 1.165) is 35.9 Å². The average molecular weight is 409 g/mol. The minimum atomic E-state index is -0.131. The molecule has 158 valence electrons. The Balaban J connectivity index is 1.39. The van der Waals surface area contributed by atoms with Gasteiger partial charge in [-0.15, -0.1) is 0 Å². The number of likely N-dealkylation sites (tertiary alicyclic amines) is 1. The second kappa shape index (κ2) is 9.17. The molecular weight excluding hydrogens is 382 g/mol. The van der Waals surface area contributed by atoms with Crippen molar-refractivity contribution >= 4 is 5.91 Å². The first kappa shape index (κ1) is 20.2. The molecule has 2 aromatic heterocycles. The van der Waals surface area contributed by atoms with Crippen molar-refractivity contribution < 1.29 is 18.5 Å². The van der Waals surface area contributed by atoms with E-state index in [1.165, 1.54) is 12.8 Å². The van der Waals surface area contributed by atoms with Gasteiger partial charge in [-0.1, -0.05) is 11.2 Å². The van der Waals surface area contributed by atoms with Crippen LogP contribution in [-0.2, 0) is 6.61 Å². The van der Waals surface area contributed by atoms with Crippen LogP contribution in [0, 0.1) is 13.8 Å². The number of aryl methyl sites for hydroxylation is 2. The number of nitrogens with zero attached hydrogens (tertiary/aromatic N) is 2. The molecule has 4 rings (SSSR count). The maximum Gasteiger partial charge on any atom is 0.251 e. The molecule has 0 unspecified atom stereocenters. The summed E-state index contributed by atoms with van der Waals surface area (Å²) in [5.41, 5.74) is 2.30. The molecule has 30 heavy (non-hydrogen) atoms. The molecule has 1 fully saturated rings. The van der Waals surface area contributed by atoms with Gasteiger partial charge < -0.3 is 19.0 Å². The number of nitrogens with one attached hydrogen (secondary N) is 1. The van der Waals surface area contributed by atoms with Crippen LogP contribution in [0.5, 0.6) is 5.75 Å². The lowest BCUT2D eigenvalue weighted by Gasteiger charge is -2.26. The Bertz CT molecular complexity index is 955. The average Bonchev–Trinajstić information content (AvgIpc) is 3.52. The molecule has 1 aliphatic rings. The van der Waals surface area contributed by atoms with E-state index in [2.05, 4.69) is 15.4 Å². The number of carbonyl (C=O) groups is 1. The van der Waals surface area contributed by atoms with Crippen LogP contribution in [-0.4, -0.2) is 35.6 Å². The fourth-order valence-corrected chi connectivity index (χ4v) is 3.83. The Labute approximate surface area is 176 Å². The van der Waals surface area contributed by atoms with E-state index >= 15 is 0 Å². The highest BCUT2D eigenvalue weighted by Gasteiger charge is 2.26. The quantitative estimate of drug-likeness (QED) is 0.605. The molecule has 0 saturated carbocycles. The summed E-state index contributed by atoms with van der Waals surface area (Å²) in [7, 11) is 0. The van der Waals surface area contributed by atoms with Crippen molar-refractivity contribution in [2.45, 2.75) is 39.3 Å². The first-order chi connectivity index (χ1) is 14.6. The van der Waals surface area contributed by atoms with Crippen molar-refractivity contribution in [3.8, 4) is 5.75 Å². The maximum absolute atomic E-state index is 12.8. The van der Waals surface area contributed by atoms with E-state index < -0.39 is 0 Å². The summed E-state index contributed by atoms with van der Waals surface area (Å²) in [6.07, 6.45) is 4.03. The highest BCUT2D eigenvalue weighted by Crippen LogP contribution is 2.25. The van der Waals surface area contributed by atoms with Crippen LogP contribution in [0.2, 0.25) is 0 Å². The molecule has 3 aromatic rings. The highest BCUT2D eigenvalue weighted by molar-refractivity contribution is 5.94. The molecule has 1 saturated heterocycles. The van der Waals surface area contributed by atoms with Crippen molar-refractivity contribution in [3.05, 3.63) is 71.0 Å². The number of rotatable bonds is 8. The van der Waals surface area contributed by atoms with Crippen molar-refractivity contribution in [2.24, 2.45) is 0 Å². The minimum absolute atomic E-state index is 0.0467. The number of amides is 1. The number of benzene rings is 1. The molecule has 1 amide bonds. The van der Waals surface area contributed by atoms with Crippen molar-refractivity contribution in [1.82, 2.24) is 15.4 Å². The van der Waals surface area contributed by atoms with Crippen molar-refractivity contribution in [1.29, 1.82) is 0 Å². The van der Waals surface area contributed by atoms with Crippen molar-refractivity contribution in [2.75, 3.05) is 19.6 Å². The lowest BCUT2D eigenvalue weighted by atomic mass is 10.1. The van der Waals surface area contributed by atoms with Gasteiger partial charge in [-0.3, -0.25) is 9.69 Å². The topological polar surface area (TPSA) is 80.7 Å². The fourth-order valence-electron chi connectivity index (χ4n) is 3.83. The number of carbonyl (C=O) groups excluding carboxylic acids is 1. The molecule has 1 atom stereocenters. The molecule has 1 N–H and O–H groups in total. The minimum Gasteiger partial charge on any atom is -0.489 e. The van der Waals surface area contributed by atoms with E-state index in [0.29, 0.717) is 24.5 Å². The van der Waals surface area contributed by atoms with Crippen LogP contribution >= 0.6 is 0 Å². The Morgan fingerprint density at radius 2 is 2.07 bits per heavy atom. The zero-order valence-electron chi connectivity index (χ0n) is 17.4. The van der Waals surface area contributed by atoms with Crippen LogP contribution in [0.4, 0.5) is 0 Å². The van der Waals surface area contributed by atoms with Gasteiger partial charge in [0.1, 0.15) is 23.9 Å². The first-order valence-corrected chi connectivity index (χ1v) is 10.3. The smallest absolute Gasteiger partial charge is 0.251 e. The summed E-state index contributed by atoms with van der Waals surface area (Å²) < 4.78 is 16.7. The van der Waals surface area contributed by atoms with Crippen LogP contribution in [0.1, 0.15) is 52.0 Å². The predicted molar refractivity (Wildman–Crippen MR) is 111 cm³/mol. The number of hydrogen-bond donors (Lipinski definition) is 1. The first-order valence-electron chi connectivity index (χ1n) is 10.3. The zero-order valence-corrected chi connectivity index (χ0v) is 17.4. The largest absolute Gasteiger partial charge is 0.489 e. The third kappa shape index (κ3) is 4.57. The van der Waals surface area contributed by atoms with Gasteiger partial charge in [0, 0.05) is 12.1 Å². The maximum atomic E-state index is 12.8. The molecule has 0 spiro atoms. The standard InChI is InChI=1S/C23H27N3O4/c1-16-20(17(2)30-25-16)15-29-19-8-5-7-18(13-19)23(27)24-14-21(22-9-6-12-28-22)26-10-3-4-11-26/h5-9,12-13,21H,3-4,10-11,14-15H2,1-2H3,(H,24,27)/t21-/m0/s1. The third-order valence-corrected chi connectivity index (χ3v) is 5.57. The molecule has 0 radical (unpaired) electrons. The van der Waals surface area contributed by atoms with Gasteiger partial charge in [0.15, 0.2) is 0 Å². The second-order valence-electron chi connectivity index (χ2n) is 7.60. The van der Waals surface area contributed by atoms with Crippen LogP contribution in [0.3, 0.4) is 0 Å². The molecule has 7 heteroatoms. The Morgan fingerprint density at radius 1 is 1.23 bits per heavy atom. The van der Waals surface area contributed by atoms with Crippen LogP contribution in [0.25, 0.3) is 0 Å². The molecule has 1 aliphatic heterocycles. The fraction of sp³-hybridized carbons (Fsp3) is 0.391.